The van der Waals surface area contributed by atoms with Gasteiger partial charge in [-0.1, -0.05) is 5.21 Å². The second-order valence-corrected chi connectivity index (χ2v) is 3.00. The van der Waals surface area contributed by atoms with Gasteiger partial charge in [0.05, 0.1) is 5.54 Å². The quantitative estimate of drug-likeness (QED) is 0.474. The summed E-state index contributed by atoms with van der Waals surface area (Å²) >= 11 is 0. The van der Waals surface area contributed by atoms with Crippen molar-refractivity contribution in [3.05, 3.63) is 0 Å². The van der Waals surface area contributed by atoms with Crippen LogP contribution in [0.4, 0.5) is 0 Å². The summed E-state index contributed by atoms with van der Waals surface area (Å²) in [7, 11) is 0. The van der Waals surface area contributed by atoms with Gasteiger partial charge in [0.1, 0.15) is 0 Å². The highest BCUT2D eigenvalue weighted by molar-refractivity contribution is 5.78. The first-order chi connectivity index (χ1) is 4.04. The van der Waals surface area contributed by atoms with Crippen LogP contribution in [-0.2, 0) is 10.0 Å². The maximum Gasteiger partial charge on any atom is 0.249 e. The van der Waals surface area contributed by atoms with Crippen molar-refractivity contribution in [3.8, 4) is 0 Å². The molecule has 3 nitrogen and oxygen atoms in total. The van der Waals surface area contributed by atoms with E-state index >= 15 is 0 Å². The molecule has 3 heteroatoms. The van der Waals surface area contributed by atoms with E-state index < -0.39 is 5.54 Å². The van der Waals surface area contributed by atoms with E-state index in [9.17, 15) is 10.0 Å². The third-order valence-corrected chi connectivity index (χ3v) is 1.73. The van der Waals surface area contributed by atoms with E-state index in [1.165, 1.54) is 0 Å². The molecule has 1 radical (unpaired) electrons. The van der Waals surface area contributed by atoms with E-state index in [0.29, 0.717) is 17.9 Å². The summed E-state index contributed by atoms with van der Waals surface area (Å²) in [5.41, 5.74) is -0.447. The second-order valence-electron chi connectivity index (χ2n) is 3.00. The fourth-order valence-electron chi connectivity index (χ4n) is 0.954. The van der Waals surface area contributed by atoms with Crippen LogP contribution in [0.15, 0.2) is 0 Å². The molecule has 0 aromatic rings. The number of carbonyl (C=O) groups excluding carboxylic acids is 1. The number of nitrogens with zero attached hydrogens (tertiary/aromatic N) is 1. The number of rotatable bonds is 0. The van der Waals surface area contributed by atoms with Crippen LogP contribution < -0.4 is 0 Å². The first-order valence-electron chi connectivity index (χ1n) is 3.04. The van der Waals surface area contributed by atoms with Crippen LogP contribution in [0.25, 0.3) is 0 Å². The topological polar surface area (TPSA) is 40.2 Å². The first-order valence-corrected chi connectivity index (χ1v) is 3.04. The van der Waals surface area contributed by atoms with Crippen LogP contribution in [0, 0.1) is 0 Å². The predicted molar refractivity (Wildman–Crippen MR) is 30.8 cm³/mol. The molecule has 0 saturated carbocycles. The van der Waals surface area contributed by atoms with Gasteiger partial charge in [-0.2, -0.15) is 5.06 Å². The molecular formula is C6H10NO2. The second kappa shape index (κ2) is 1.70. The Labute approximate surface area is 54.2 Å². The van der Waals surface area contributed by atoms with Crippen LogP contribution in [-0.4, -0.2) is 16.5 Å². The summed E-state index contributed by atoms with van der Waals surface area (Å²) in [5.74, 6) is -0.278. The van der Waals surface area contributed by atoms with Crippen molar-refractivity contribution in [2.75, 3.05) is 0 Å². The van der Waals surface area contributed by atoms with Gasteiger partial charge in [-0.25, -0.2) is 0 Å². The van der Waals surface area contributed by atoms with Crippen LogP contribution in [0.1, 0.15) is 26.7 Å². The number of hydrogen-bond acceptors (Lipinski definition) is 1. The van der Waals surface area contributed by atoms with E-state index in [2.05, 4.69) is 0 Å². The number of hydroxylamine groups is 2. The molecule has 1 amide bonds. The van der Waals surface area contributed by atoms with E-state index in [-0.39, 0.29) is 5.91 Å². The van der Waals surface area contributed by atoms with Gasteiger partial charge in [0, 0.05) is 6.42 Å². The van der Waals surface area contributed by atoms with Crippen molar-refractivity contribution < 1.29 is 10.0 Å². The monoisotopic (exact) mass is 128 g/mol. The van der Waals surface area contributed by atoms with Crippen molar-refractivity contribution in [1.29, 1.82) is 0 Å². The summed E-state index contributed by atoms with van der Waals surface area (Å²) in [6.07, 6.45) is 1.10. The molecule has 0 aliphatic carbocycles. The minimum absolute atomic E-state index is 0.278. The van der Waals surface area contributed by atoms with Gasteiger partial charge in [0.25, 0.3) is 0 Å². The predicted octanol–water partition coefficient (Wildman–Crippen LogP) is 0.733. The summed E-state index contributed by atoms with van der Waals surface area (Å²) in [4.78, 5) is 10.6. The number of amides is 1. The number of carbonyl (C=O) groups is 1. The summed E-state index contributed by atoms with van der Waals surface area (Å²) in [6.45, 7) is 3.57. The lowest BCUT2D eigenvalue weighted by atomic mass is 10.0. The van der Waals surface area contributed by atoms with Gasteiger partial charge >= 0.3 is 0 Å². The Morgan fingerprint density at radius 3 is 2.22 bits per heavy atom. The van der Waals surface area contributed by atoms with Crippen LogP contribution >= 0.6 is 0 Å². The lowest BCUT2D eigenvalue weighted by Gasteiger charge is -2.21. The van der Waals surface area contributed by atoms with Gasteiger partial charge in [-0.05, 0) is 20.3 Å². The lowest BCUT2D eigenvalue weighted by Crippen LogP contribution is -2.36. The zero-order chi connectivity index (χ0) is 7.07. The van der Waals surface area contributed by atoms with Gasteiger partial charge in [-0.3, -0.25) is 4.79 Å². The van der Waals surface area contributed by atoms with E-state index in [1.54, 1.807) is 13.8 Å². The molecule has 0 aromatic carbocycles. The molecule has 0 atom stereocenters. The molecule has 0 bridgehead atoms. The molecule has 1 rings (SSSR count). The summed E-state index contributed by atoms with van der Waals surface area (Å²) < 4.78 is 0. The highest BCUT2D eigenvalue weighted by Gasteiger charge is 2.37. The molecule has 1 saturated heterocycles. The standard InChI is InChI=1S/C6H10NO2/c1-6(2)4-3-5(8)7(6)9/h3-4H2,1-2H3. The highest BCUT2D eigenvalue weighted by atomic mass is 16.5. The molecular weight excluding hydrogens is 118 g/mol. The fraction of sp³-hybridized carbons (Fsp3) is 0.833. The van der Waals surface area contributed by atoms with Crippen LogP contribution in [0.2, 0.25) is 0 Å². The molecule has 0 unspecified atom stereocenters. The van der Waals surface area contributed by atoms with E-state index in [4.69, 9.17) is 0 Å². The van der Waals surface area contributed by atoms with Gasteiger partial charge in [-0.15, -0.1) is 0 Å². The molecule has 1 aliphatic rings. The SMILES string of the molecule is CC1(C)CCC(=O)N1[O]. The number of hydrogen-bond donors (Lipinski definition) is 0. The lowest BCUT2D eigenvalue weighted by molar-refractivity contribution is -0.204. The van der Waals surface area contributed by atoms with E-state index in [0.717, 1.165) is 0 Å². The largest absolute Gasteiger partial charge is 0.272 e. The molecule has 9 heavy (non-hydrogen) atoms. The van der Waals surface area contributed by atoms with Gasteiger partial charge in [0.2, 0.25) is 5.91 Å². The Bertz CT molecular complexity index is 142. The molecule has 51 valence electrons. The summed E-state index contributed by atoms with van der Waals surface area (Å²) in [6, 6.07) is 0. The molecule has 1 fully saturated rings. The van der Waals surface area contributed by atoms with E-state index in [1.807, 2.05) is 0 Å². The Balaban J connectivity index is 2.73. The van der Waals surface area contributed by atoms with Crippen molar-refractivity contribution in [3.63, 3.8) is 0 Å². The van der Waals surface area contributed by atoms with Gasteiger partial charge < -0.3 is 0 Å². The maximum absolute atomic E-state index is 10.8. The molecule has 0 aromatic heterocycles. The summed E-state index contributed by atoms with van der Waals surface area (Å²) in [5, 5.41) is 11.4. The average Bonchev–Trinajstić information content (AvgIpc) is 1.97. The van der Waals surface area contributed by atoms with Gasteiger partial charge in [0.15, 0.2) is 0 Å². The fourth-order valence-corrected chi connectivity index (χ4v) is 0.954. The van der Waals surface area contributed by atoms with Crippen molar-refractivity contribution in [2.45, 2.75) is 32.2 Å². The third kappa shape index (κ3) is 0.920. The maximum atomic E-state index is 10.8. The first kappa shape index (κ1) is 6.55. The Morgan fingerprint density at radius 1 is 1.56 bits per heavy atom. The average molecular weight is 128 g/mol. The molecule has 0 spiro atoms. The molecule has 1 heterocycles. The third-order valence-electron chi connectivity index (χ3n) is 1.73. The molecule has 1 aliphatic heterocycles. The smallest absolute Gasteiger partial charge is 0.249 e. The highest BCUT2D eigenvalue weighted by Crippen LogP contribution is 2.26. The molecule has 0 N–H and O–H groups in total. The normalized spacial score (nSPS) is 25.2. The minimum atomic E-state index is -0.447. The zero-order valence-corrected chi connectivity index (χ0v) is 5.68. The zero-order valence-electron chi connectivity index (χ0n) is 5.68. The Morgan fingerprint density at radius 2 is 2.11 bits per heavy atom. The van der Waals surface area contributed by atoms with Crippen molar-refractivity contribution >= 4 is 5.91 Å². The van der Waals surface area contributed by atoms with Crippen LogP contribution in [0.5, 0.6) is 0 Å². The van der Waals surface area contributed by atoms with Crippen molar-refractivity contribution in [2.24, 2.45) is 0 Å². The van der Waals surface area contributed by atoms with Crippen LogP contribution in [0.3, 0.4) is 0 Å². The Hall–Kier alpha value is -0.570. The minimum Gasteiger partial charge on any atom is -0.272 e. The Kier molecular flexibility index (Phi) is 1.24. The van der Waals surface area contributed by atoms with Crippen molar-refractivity contribution in [1.82, 2.24) is 5.06 Å².